The fourth-order valence-corrected chi connectivity index (χ4v) is 4.93. The van der Waals surface area contributed by atoms with Crippen molar-refractivity contribution >= 4 is 48.4 Å². The van der Waals surface area contributed by atoms with Crippen LogP contribution in [0, 0.1) is 13.8 Å². The molecule has 2 aromatic heterocycles. The van der Waals surface area contributed by atoms with Gasteiger partial charge in [-0.2, -0.15) is 0 Å². The van der Waals surface area contributed by atoms with Crippen LogP contribution in [0.5, 0.6) is 0 Å². The van der Waals surface area contributed by atoms with E-state index in [9.17, 15) is 25.2 Å². The maximum absolute atomic E-state index is 10.7. The third-order valence-electron chi connectivity index (χ3n) is 6.07. The van der Waals surface area contributed by atoms with E-state index in [4.69, 9.17) is 0 Å². The number of hydrogen-bond donors (Lipinski definition) is 0. The minimum absolute atomic E-state index is 1.15. The molecule has 0 radical (unpaired) electrons. The Labute approximate surface area is 245 Å². The fraction of sp³-hybridized carbons (Fsp3) is 0.0938. The predicted molar refractivity (Wildman–Crippen MR) is 164 cm³/mol. The molecule has 2 nitrogen and oxygen atoms in total. The van der Waals surface area contributed by atoms with Crippen molar-refractivity contribution < 1.29 is 29.7 Å². The molecule has 5 rings (SSSR count). The first-order valence-corrected chi connectivity index (χ1v) is 15.7. The molecule has 10 heteroatoms. The Bertz CT molecular complexity index is 1600. The van der Waals surface area contributed by atoms with E-state index in [1.807, 2.05) is 23.0 Å². The van der Waals surface area contributed by atoms with Gasteiger partial charge in [-0.05, 0) is 79.6 Å². The van der Waals surface area contributed by atoms with Gasteiger partial charge < -0.3 is 4.90 Å². The summed E-state index contributed by atoms with van der Waals surface area (Å²) in [5.41, 5.74) is 8.42. The van der Waals surface area contributed by atoms with E-state index in [0.29, 0.717) is 0 Å². The molecule has 0 saturated heterocycles. The van der Waals surface area contributed by atoms with Crippen LogP contribution in [0.25, 0.3) is 22.6 Å². The summed E-state index contributed by atoms with van der Waals surface area (Å²) in [4.78, 5) is 4.83. The molecule has 0 saturated carbocycles. The monoisotopic (exact) mass is 618 g/mol. The van der Waals surface area contributed by atoms with Crippen molar-refractivity contribution in [1.29, 1.82) is 0 Å². The molecule has 5 aromatic rings. The van der Waals surface area contributed by atoms with E-state index in [1.165, 1.54) is 32.0 Å². The quantitative estimate of drug-likeness (QED) is 0.104. The van der Waals surface area contributed by atoms with Crippen molar-refractivity contribution in [1.82, 2.24) is 0 Å². The van der Waals surface area contributed by atoms with Gasteiger partial charge in [0.25, 0.3) is 0 Å². The number of halogens is 6. The van der Waals surface area contributed by atoms with Crippen molar-refractivity contribution in [3.63, 3.8) is 0 Å². The molecule has 0 spiro atoms. The van der Waals surface area contributed by atoms with Crippen LogP contribution >= 0.6 is 19.1 Å². The van der Waals surface area contributed by atoms with Crippen LogP contribution in [0.1, 0.15) is 21.6 Å². The first kappa shape index (κ1) is 31.0. The van der Waals surface area contributed by atoms with E-state index < -0.39 is 7.81 Å². The second-order valence-corrected chi connectivity index (χ2v) is 12.9. The zero-order valence-electron chi connectivity index (χ0n) is 23.1. The Morgan fingerprint density at radius 1 is 0.595 bits per heavy atom. The SMILES string of the molecule is Cc1ccc(N(c2ccc(C)cc2)c2ccc(-c3ccc(/C=C/c4cc[n+](C)cc4)s3)cc2)cc1.F[P-](F)(F)(F)(F)F. The topological polar surface area (TPSA) is 7.12 Å². The zero-order chi connectivity index (χ0) is 30.6. The van der Waals surface area contributed by atoms with Crippen LogP contribution in [0.2, 0.25) is 0 Å². The van der Waals surface area contributed by atoms with E-state index >= 15 is 0 Å². The molecular weight excluding hydrogens is 589 g/mol. The van der Waals surface area contributed by atoms with E-state index in [1.54, 1.807) is 0 Å². The standard InChI is InChI=1S/C32H29N2S.F6P/c1-24-4-11-28(12-5-24)34(29-13-6-25(2)7-14-29)30-15-9-27(10-16-30)32-19-18-31(35-32)17-8-26-20-22-33(3)23-21-26;1-7(2,3,4,5)6/h4-23H,1-3H3;/q+1;-1. The molecule has 0 fully saturated rings. The molecule has 0 aliphatic carbocycles. The van der Waals surface area contributed by atoms with Crippen molar-refractivity contribution in [2.24, 2.45) is 7.05 Å². The number of hydrogen-bond acceptors (Lipinski definition) is 2. The molecule has 3 aromatic carbocycles. The van der Waals surface area contributed by atoms with Crippen LogP contribution < -0.4 is 9.47 Å². The number of nitrogens with zero attached hydrogens (tertiary/aromatic N) is 2. The van der Waals surface area contributed by atoms with Gasteiger partial charge in [0.1, 0.15) is 7.05 Å². The zero-order valence-corrected chi connectivity index (χ0v) is 24.8. The third kappa shape index (κ3) is 10.2. The molecule has 0 amide bonds. The molecule has 0 aliphatic rings. The summed E-state index contributed by atoms with van der Waals surface area (Å²) in [6, 6.07) is 35.0. The Morgan fingerprint density at radius 3 is 1.48 bits per heavy atom. The van der Waals surface area contributed by atoms with E-state index in [0.717, 1.165) is 17.1 Å². The molecule has 0 aliphatic heterocycles. The third-order valence-corrected chi connectivity index (χ3v) is 7.17. The normalized spacial score (nSPS) is 13.2. The number of aromatic nitrogens is 1. The Kier molecular flexibility index (Phi) is 8.40. The summed E-state index contributed by atoms with van der Waals surface area (Å²) >= 11 is 1.81. The first-order valence-electron chi connectivity index (χ1n) is 12.8. The molecule has 2 heterocycles. The average molecular weight is 619 g/mol. The first-order chi connectivity index (χ1) is 19.5. The molecule has 0 atom stereocenters. The van der Waals surface area contributed by atoms with Crippen LogP contribution in [-0.2, 0) is 7.05 Å². The number of aryl methyl sites for hydroxylation is 3. The van der Waals surface area contributed by atoms with Gasteiger partial charge in [-0.25, -0.2) is 4.57 Å². The van der Waals surface area contributed by atoms with Crippen LogP contribution in [-0.4, -0.2) is 0 Å². The maximum atomic E-state index is 9.87. The summed E-state index contributed by atoms with van der Waals surface area (Å²) < 4.78 is 61.2. The molecule has 220 valence electrons. The van der Waals surface area contributed by atoms with Crippen LogP contribution in [0.15, 0.2) is 109 Å². The van der Waals surface area contributed by atoms with Gasteiger partial charge in [0.2, 0.25) is 0 Å². The van der Waals surface area contributed by atoms with Gasteiger partial charge in [-0.1, -0.05) is 53.6 Å². The van der Waals surface area contributed by atoms with E-state index in [-0.39, 0.29) is 0 Å². The van der Waals surface area contributed by atoms with Gasteiger partial charge in [-0.3, -0.25) is 0 Å². The molecule has 0 N–H and O–H groups in total. The van der Waals surface area contributed by atoms with Crippen molar-refractivity contribution in [3.8, 4) is 10.4 Å². The van der Waals surface area contributed by atoms with Crippen LogP contribution in [0.3, 0.4) is 0 Å². The summed E-state index contributed by atoms with van der Waals surface area (Å²) in [7, 11) is -8.62. The molecular formula is C32H29F6N2PS. The summed E-state index contributed by atoms with van der Waals surface area (Å²) in [6.45, 7) is 4.25. The minimum atomic E-state index is -10.7. The molecule has 0 bridgehead atoms. The number of rotatable bonds is 6. The van der Waals surface area contributed by atoms with Gasteiger partial charge >= 0.3 is 33.0 Å². The summed E-state index contributed by atoms with van der Waals surface area (Å²) in [5, 5.41) is 0. The summed E-state index contributed by atoms with van der Waals surface area (Å²) in [6.07, 6.45) is 8.49. The number of thiophene rings is 1. The number of pyridine rings is 1. The average Bonchev–Trinajstić information content (AvgIpc) is 3.38. The van der Waals surface area contributed by atoms with Crippen molar-refractivity contribution in [3.05, 3.63) is 131 Å². The van der Waals surface area contributed by atoms with Gasteiger partial charge in [0.15, 0.2) is 12.4 Å². The van der Waals surface area contributed by atoms with Gasteiger partial charge in [-0.15, -0.1) is 11.3 Å². The van der Waals surface area contributed by atoms with Gasteiger partial charge in [0.05, 0.1) is 0 Å². The second-order valence-electron chi connectivity index (χ2n) is 9.84. The van der Waals surface area contributed by atoms with Crippen LogP contribution in [0.4, 0.5) is 42.2 Å². The Hall–Kier alpha value is -3.94. The Morgan fingerprint density at radius 2 is 1.02 bits per heavy atom. The van der Waals surface area contributed by atoms with Crippen molar-refractivity contribution in [2.45, 2.75) is 13.8 Å². The second kappa shape index (κ2) is 11.4. The Balaban J connectivity index is 0.000000517. The van der Waals surface area contributed by atoms with Gasteiger partial charge in [0, 0.05) is 38.9 Å². The van der Waals surface area contributed by atoms with E-state index in [2.05, 4.69) is 140 Å². The summed E-state index contributed by atoms with van der Waals surface area (Å²) in [5.74, 6) is 0. The number of anilines is 3. The predicted octanol–water partition coefficient (Wildman–Crippen LogP) is 11.9. The molecule has 0 unspecified atom stereocenters. The molecule has 42 heavy (non-hydrogen) atoms. The number of benzene rings is 3. The van der Waals surface area contributed by atoms with Crippen molar-refractivity contribution in [2.75, 3.05) is 4.90 Å². The fourth-order valence-electron chi connectivity index (χ4n) is 4.01.